The van der Waals surface area contributed by atoms with Gasteiger partial charge in [-0.25, -0.2) is 4.39 Å². The average Bonchev–Trinajstić information content (AvgIpc) is 3.10. The normalized spacial score (nSPS) is 15.7. The first kappa shape index (κ1) is 19.6. The van der Waals surface area contributed by atoms with Crippen LogP contribution in [0, 0.1) is 5.82 Å². The van der Waals surface area contributed by atoms with Crippen LogP contribution in [0.5, 0.6) is 5.75 Å². The minimum Gasteiger partial charge on any atom is -0.490 e. The SMILES string of the molecule is CC(=O)c1cn(CCCN2CCC(Oc3ccc(F)cc3)CC2)c2ccccc12. The Hall–Kier alpha value is -2.66. The molecule has 2 aromatic carbocycles. The van der Waals surface area contributed by atoms with Crippen molar-refractivity contribution in [1.82, 2.24) is 9.47 Å². The van der Waals surface area contributed by atoms with Crippen molar-refractivity contribution in [2.24, 2.45) is 0 Å². The summed E-state index contributed by atoms with van der Waals surface area (Å²) >= 11 is 0. The van der Waals surface area contributed by atoms with Gasteiger partial charge in [0.05, 0.1) is 0 Å². The van der Waals surface area contributed by atoms with Crippen LogP contribution in [0.1, 0.15) is 36.5 Å². The number of rotatable bonds is 7. The van der Waals surface area contributed by atoms with Crippen LogP contribution < -0.4 is 4.74 Å². The molecular formula is C24H27FN2O2. The number of aromatic nitrogens is 1. The number of likely N-dealkylation sites (tertiary alicyclic amines) is 1. The second-order valence-electron chi connectivity index (χ2n) is 7.78. The number of ketones is 1. The topological polar surface area (TPSA) is 34.5 Å². The van der Waals surface area contributed by atoms with E-state index in [4.69, 9.17) is 4.74 Å². The maximum absolute atomic E-state index is 13.0. The molecule has 29 heavy (non-hydrogen) atoms. The number of hydrogen-bond acceptors (Lipinski definition) is 3. The number of benzene rings is 2. The first-order chi connectivity index (χ1) is 14.1. The van der Waals surface area contributed by atoms with Gasteiger partial charge in [-0.3, -0.25) is 4.79 Å². The summed E-state index contributed by atoms with van der Waals surface area (Å²) in [7, 11) is 0. The fourth-order valence-electron chi connectivity index (χ4n) is 4.13. The highest BCUT2D eigenvalue weighted by Gasteiger charge is 2.20. The van der Waals surface area contributed by atoms with E-state index < -0.39 is 0 Å². The predicted molar refractivity (Wildman–Crippen MR) is 113 cm³/mol. The minimum absolute atomic E-state index is 0.114. The average molecular weight is 394 g/mol. The molecule has 0 unspecified atom stereocenters. The Bertz CT molecular complexity index is 972. The molecule has 152 valence electrons. The van der Waals surface area contributed by atoms with Gasteiger partial charge >= 0.3 is 0 Å². The van der Waals surface area contributed by atoms with Gasteiger partial charge in [0.1, 0.15) is 17.7 Å². The number of nitrogens with zero attached hydrogens (tertiary/aromatic N) is 2. The molecule has 0 radical (unpaired) electrons. The lowest BCUT2D eigenvalue weighted by molar-refractivity contribution is 0.0992. The van der Waals surface area contributed by atoms with E-state index in [0.29, 0.717) is 0 Å². The number of hydrogen-bond donors (Lipinski definition) is 0. The van der Waals surface area contributed by atoms with Crippen LogP contribution in [0.4, 0.5) is 4.39 Å². The Morgan fingerprint density at radius 1 is 1.07 bits per heavy atom. The lowest BCUT2D eigenvalue weighted by Crippen LogP contribution is -2.38. The van der Waals surface area contributed by atoms with Crippen molar-refractivity contribution < 1.29 is 13.9 Å². The van der Waals surface area contributed by atoms with Gasteiger partial charge in [-0.15, -0.1) is 0 Å². The Morgan fingerprint density at radius 2 is 1.79 bits per heavy atom. The van der Waals surface area contributed by atoms with E-state index in [9.17, 15) is 9.18 Å². The Balaban J connectivity index is 1.26. The summed E-state index contributed by atoms with van der Waals surface area (Å²) in [6.07, 6.45) is 5.20. The minimum atomic E-state index is -0.238. The zero-order valence-electron chi connectivity index (χ0n) is 16.8. The summed E-state index contributed by atoms with van der Waals surface area (Å²) in [6, 6.07) is 14.4. The molecule has 4 nitrogen and oxygen atoms in total. The zero-order chi connectivity index (χ0) is 20.2. The second kappa shape index (κ2) is 8.78. The van der Waals surface area contributed by atoms with Crippen molar-refractivity contribution in [2.75, 3.05) is 19.6 Å². The number of piperidine rings is 1. The molecule has 0 spiro atoms. The number of fused-ring (bicyclic) bond motifs is 1. The zero-order valence-corrected chi connectivity index (χ0v) is 16.8. The number of Topliss-reactive ketones (excluding diaryl/α,β-unsaturated/α-hetero) is 1. The van der Waals surface area contributed by atoms with Crippen LogP contribution in [-0.4, -0.2) is 41.0 Å². The smallest absolute Gasteiger partial charge is 0.161 e. The molecule has 0 N–H and O–H groups in total. The number of carbonyl (C=O) groups is 1. The van der Waals surface area contributed by atoms with Gasteiger partial charge in [-0.05, 0) is 63.1 Å². The van der Waals surface area contributed by atoms with E-state index in [1.54, 1.807) is 19.1 Å². The van der Waals surface area contributed by atoms with Gasteiger partial charge < -0.3 is 14.2 Å². The largest absolute Gasteiger partial charge is 0.490 e. The summed E-state index contributed by atoms with van der Waals surface area (Å²) in [5.74, 6) is 0.617. The Kier molecular flexibility index (Phi) is 5.95. The first-order valence-electron chi connectivity index (χ1n) is 10.3. The molecule has 1 saturated heterocycles. The van der Waals surface area contributed by atoms with Gasteiger partial charge in [0, 0.05) is 42.3 Å². The summed E-state index contributed by atoms with van der Waals surface area (Å²) < 4.78 is 21.2. The van der Waals surface area contributed by atoms with Gasteiger partial charge in [-0.2, -0.15) is 0 Å². The number of ether oxygens (including phenoxy) is 1. The predicted octanol–water partition coefficient (Wildman–Crippen LogP) is 4.92. The van der Waals surface area contributed by atoms with Crippen molar-refractivity contribution >= 4 is 16.7 Å². The molecule has 0 saturated carbocycles. The highest BCUT2D eigenvalue weighted by molar-refractivity contribution is 6.06. The number of carbonyl (C=O) groups excluding carboxylic acids is 1. The number of aryl methyl sites for hydroxylation is 1. The van der Waals surface area contributed by atoms with E-state index in [2.05, 4.69) is 15.5 Å². The number of halogens is 1. The van der Waals surface area contributed by atoms with E-state index >= 15 is 0 Å². The van der Waals surface area contributed by atoms with Crippen molar-refractivity contribution in [2.45, 2.75) is 38.8 Å². The Morgan fingerprint density at radius 3 is 2.52 bits per heavy atom. The first-order valence-corrected chi connectivity index (χ1v) is 10.3. The maximum atomic E-state index is 13.0. The quantitative estimate of drug-likeness (QED) is 0.534. The molecule has 0 amide bonds. The molecule has 0 bridgehead atoms. The molecule has 0 aliphatic carbocycles. The van der Waals surface area contributed by atoms with E-state index in [0.717, 1.165) is 67.7 Å². The third-order valence-electron chi connectivity index (χ3n) is 5.69. The van der Waals surface area contributed by atoms with Crippen LogP contribution in [0.25, 0.3) is 10.9 Å². The van der Waals surface area contributed by atoms with Crippen LogP contribution in [0.3, 0.4) is 0 Å². The third-order valence-corrected chi connectivity index (χ3v) is 5.69. The molecule has 1 aliphatic heterocycles. The van der Waals surface area contributed by atoms with Gasteiger partial charge in [0.25, 0.3) is 0 Å². The molecule has 2 heterocycles. The highest BCUT2D eigenvalue weighted by Crippen LogP contribution is 2.23. The van der Waals surface area contributed by atoms with Crippen LogP contribution in [0.15, 0.2) is 54.7 Å². The van der Waals surface area contributed by atoms with Crippen molar-refractivity contribution in [3.8, 4) is 5.75 Å². The number of para-hydroxylation sites is 1. The maximum Gasteiger partial charge on any atom is 0.161 e. The monoisotopic (exact) mass is 394 g/mol. The molecular weight excluding hydrogens is 367 g/mol. The van der Waals surface area contributed by atoms with E-state index in [-0.39, 0.29) is 17.7 Å². The van der Waals surface area contributed by atoms with Crippen molar-refractivity contribution in [1.29, 1.82) is 0 Å². The van der Waals surface area contributed by atoms with Crippen molar-refractivity contribution in [3.05, 3.63) is 66.1 Å². The third kappa shape index (κ3) is 4.67. The standard InChI is InChI=1S/C24H27FN2O2/c1-18(28)23-17-27(24-6-3-2-5-22(23)24)14-4-13-26-15-11-21(12-16-26)29-20-9-7-19(25)8-10-20/h2-3,5-10,17,21H,4,11-16H2,1H3. The fraction of sp³-hybridized carbons (Fsp3) is 0.375. The lowest BCUT2D eigenvalue weighted by Gasteiger charge is -2.32. The van der Waals surface area contributed by atoms with Crippen LogP contribution in [-0.2, 0) is 6.54 Å². The second-order valence-corrected chi connectivity index (χ2v) is 7.78. The van der Waals surface area contributed by atoms with Gasteiger partial charge in [0.15, 0.2) is 5.78 Å². The highest BCUT2D eigenvalue weighted by atomic mass is 19.1. The van der Waals surface area contributed by atoms with Gasteiger partial charge in [-0.1, -0.05) is 18.2 Å². The molecule has 5 heteroatoms. The van der Waals surface area contributed by atoms with Crippen LogP contribution in [0.2, 0.25) is 0 Å². The summed E-state index contributed by atoms with van der Waals surface area (Å²) in [6.45, 7) is 5.59. The molecule has 1 aromatic heterocycles. The fourth-order valence-corrected chi connectivity index (χ4v) is 4.13. The molecule has 0 atom stereocenters. The van der Waals surface area contributed by atoms with Crippen molar-refractivity contribution in [3.63, 3.8) is 0 Å². The van der Waals surface area contributed by atoms with E-state index in [1.165, 1.54) is 12.1 Å². The van der Waals surface area contributed by atoms with Crippen LogP contribution >= 0.6 is 0 Å². The lowest BCUT2D eigenvalue weighted by atomic mass is 10.1. The summed E-state index contributed by atoms with van der Waals surface area (Å²) in [5, 5.41) is 1.04. The molecule has 4 rings (SSSR count). The van der Waals surface area contributed by atoms with E-state index in [1.807, 2.05) is 24.4 Å². The molecule has 1 aliphatic rings. The summed E-state index contributed by atoms with van der Waals surface area (Å²) in [4.78, 5) is 14.4. The molecule has 1 fully saturated rings. The Labute approximate surface area is 170 Å². The van der Waals surface area contributed by atoms with Gasteiger partial charge in [0.2, 0.25) is 0 Å². The summed E-state index contributed by atoms with van der Waals surface area (Å²) in [5.41, 5.74) is 1.93. The molecule has 3 aromatic rings.